The van der Waals surface area contributed by atoms with Crippen molar-refractivity contribution in [2.45, 2.75) is 12.5 Å². The molecule has 1 aliphatic heterocycles. The van der Waals surface area contributed by atoms with Crippen LogP contribution in [-0.2, 0) is 11.2 Å². The molecule has 0 fully saturated rings. The lowest BCUT2D eigenvalue weighted by Gasteiger charge is -2.24. The summed E-state index contributed by atoms with van der Waals surface area (Å²) in [6.45, 7) is 0. The second kappa shape index (κ2) is 9.69. The number of carbonyl (C=O) groups is 3. The van der Waals surface area contributed by atoms with Crippen molar-refractivity contribution in [3.05, 3.63) is 125 Å². The Labute approximate surface area is 208 Å². The van der Waals surface area contributed by atoms with Crippen LogP contribution in [0.3, 0.4) is 0 Å². The average molecular weight is 473 g/mol. The van der Waals surface area contributed by atoms with E-state index in [-0.39, 0.29) is 17.5 Å². The Morgan fingerprint density at radius 1 is 0.750 bits per heavy atom. The number of ether oxygens (including phenoxy) is 1. The molecule has 2 amide bonds. The first-order valence-corrected chi connectivity index (χ1v) is 11.4. The van der Waals surface area contributed by atoms with Gasteiger partial charge in [0.05, 0.1) is 22.8 Å². The van der Waals surface area contributed by atoms with Gasteiger partial charge in [-0.2, -0.15) is 5.26 Å². The number of imide groups is 1. The minimum Gasteiger partial charge on any atom is -0.425 e. The molecule has 174 valence electrons. The Hall–Kier alpha value is -5.02. The van der Waals surface area contributed by atoms with E-state index in [1.165, 1.54) is 0 Å². The first kappa shape index (κ1) is 22.8. The van der Waals surface area contributed by atoms with E-state index in [1.807, 2.05) is 42.5 Å². The normalized spacial score (nSPS) is 13.1. The summed E-state index contributed by atoms with van der Waals surface area (Å²) in [5.41, 5.74) is 3.73. The lowest BCUT2D eigenvalue weighted by Crippen LogP contribution is -2.48. The Bertz CT molecular complexity index is 1450. The summed E-state index contributed by atoms with van der Waals surface area (Å²) in [5.74, 6) is -1.42. The van der Waals surface area contributed by atoms with Crippen molar-refractivity contribution in [2.75, 3.05) is 0 Å². The molecule has 0 radical (unpaired) electrons. The molecular formula is C30H20N2O4. The third-order valence-corrected chi connectivity index (χ3v) is 6.10. The molecule has 6 heteroatoms. The molecular weight excluding hydrogens is 452 g/mol. The number of fused-ring (bicyclic) bond motifs is 1. The maximum Gasteiger partial charge on any atom is 0.335 e. The topological polar surface area (TPSA) is 87.5 Å². The number of esters is 1. The highest BCUT2D eigenvalue weighted by atomic mass is 16.5. The van der Waals surface area contributed by atoms with Crippen LogP contribution in [0.1, 0.15) is 31.8 Å². The van der Waals surface area contributed by atoms with Crippen LogP contribution in [0.5, 0.6) is 5.75 Å². The van der Waals surface area contributed by atoms with Crippen LogP contribution in [0.25, 0.3) is 11.1 Å². The van der Waals surface area contributed by atoms with E-state index in [9.17, 15) is 14.4 Å². The molecule has 5 rings (SSSR count). The number of rotatable bonds is 6. The van der Waals surface area contributed by atoms with Crippen molar-refractivity contribution in [2.24, 2.45) is 0 Å². The number of amides is 2. The predicted octanol–water partition coefficient (Wildman–Crippen LogP) is 5.04. The summed E-state index contributed by atoms with van der Waals surface area (Å²) in [4.78, 5) is 40.6. The largest absolute Gasteiger partial charge is 0.425 e. The molecule has 0 bridgehead atoms. The first-order chi connectivity index (χ1) is 17.5. The summed E-state index contributed by atoms with van der Waals surface area (Å²) >= 11 is 0. The van der Waals surface area contributed by atoms with Crippen LogP contribution in [0, 0.1) is 11.3 Å². The quantitative estimate of drug-likeness (QED) is 0.223. The zero-order chi connectivity index (χ0) is 25.1. The van der Waals surface area contributed by atoms with E-state index in [4.69, 9.17) is 10.00 Å². The molecule has 4 aromatic rings. The monoisotopic (exact) mass is 472 g/mol. The van der Waals surface area contributed by atoms with Crippen LogP contribution in [0.15, 0.2) is 103 Å². The van der Waals surface area contributed by atoms with Gasteiger partial charge in [-0.15, -0.1) is 0 Å². The molecule has 0 aliphatic carbocycles. The molecule has 1 heterocycles. The molecule has 0 aromatic heterocycles. The van der Waals surface area contributed by atoms with Crippen molar-refractivity contribution in [1.82, 2.24) is 4.90 Å². The Balaban J connectivity index is 1.40. The lowest BCUT2D eigenvalue weighted by atomic mass is 10.0. The molecule has 0 saturated carbocycles. The van der Waals surface area contributed by atoms with E-state index < -0.39 is 23.8 Å². The second-order valence-electron chi connectivity index (χ2n) is 8.37. The summed E-state index contributed by atoms with van der Waals surface area (Å²) in [6, 6.07) is 30.8. The SMILES string of the molecule is N#Cc1ccc(-c2ccc(OC(=O)[C@@H](Cc3ccccc3)N3C(=O)c4ccccc4C3=O)cc2)cc1. The van der Waals surface area contributed by atoms with Crippen LogP contribution in [0.4, 0.5) is 0 Å². The van der Waals surface area contributed by atoms with Gasteiger partial charge in [0.15, 0.2) is 0 Å². The molecule has 1 atom stereocenters. The fourth-order valence-corrected chi connectivity index (χ4v) is 4.25. The van der Waals surface area contributed by atoms with Crippen molar-refractivity contribution in [3.63, 3.8) is 0 Å². The number of benzene rings is 4. The van der Waals surface area contributed by atoms with E-state index in [1.54, 1.807) is 60.7 Å². The standard InChI is InChI=1S/C30H20N2O4/c31-19-21-10-12-22(13-11-21)23-14-16-24(17-15-23)36-30(35)27(18-20-6-2-1-3-7-20)32-28(33)25-8-4-5-9-26(25)29(32)34/h1-17,27H,18H2/t27-/m1/s1. The van der Waals surface area contributed by atoms with E-state index in [0.717, 1.165) is 21.6 Å². The van der Waals surface area contributed by atoms with Gasteiger partial charge in [0.25, 0.3) is 11.8 Å². The highest BCUT2D eigenvalue weighted by molar-refractivity contribution is 6.22. The molecule has 0 N–H and O–H groups in total. The summed E-state index contributed by atoms with van der Waals surface area (Å²) in [5, 5.41) is 8.98. The van der Waals surface area contributed by atoms with Gasteiger partial charge >= 0.3 is 5.97 Å². The third-order valence-electron chi connectivity index (χ3n) is 6.10. The minimum absolute atomic E-state index is 0.133. The van der Waals surface area contributed by atoms with Gasteiger partial charge in [-0.25, -0.2) is 4.79 Å². The highest BCUT2D eigenvalue weighted by Crippen LogP contribution is 2.28. The van der Waals surface area contributed by atoms with E-state index >= 15 is 0 Å². The summed E-state index contributed by atoms with van der Waals surface area (Å²) in [6.07, 6.45) is 0.133. The number of nitrogens with zero attached hydrogens (tertiary/aromatic N) is 2. The van der Waals surface area contributed by atoms with Crippen LogP contribution in [0.2, 0.25) is 0 Å². The molecule has 0 spiro atoms. The lowest BCUT2D eigenvalue weighted by molar-refractivity contribution is -0.138. The molecule has 6 nitrogen and oxygen atoms in total. The first-order valence-electron chi connectivity index (χ1n) is 11.4. The van der Waals surface area contributed by atoms with Crippen molar-refractivity contribution in [3.8, 4) is 22.9 Å². The van der Waals surface area contributed by atoms with E-state index in [0.29, 0.717) is 11.3 Å². The molecule has 36 heavy (non-hydrogen) atoms. The minimum atomic E-state index is -1.13. The van der Waals surface area contributed by atoms with Gasteiger partial charge in [-0.3, -0.25) is 14.5 Å². The van der Waals surface area contributed by atoms with Crippen LogP contribution in [-0.4, -0.2) is 28.7 Å². The van der Waals surface area contributed by atoms with Gasteiger partial charge < -0.3 is 4.74 Å². The van der Waals surface area contributed by atoms with Gasteiger partial charge in [0, 0.05) is 6.42 Å². The maximum absolute atomic E-state index is 13.4. The predicted molar refractivity (Wildman–Crippen MR) is 133 cm³/mol. The number of nitriles is 1. The van der Waals surface area contributed by atoms with Crippen LogP contribution >= 0.6 is 0 Å². The van der Waals surface area contributed by atoms with Crippen LogP contribution < -0.4 is 4.74 Å². The Morgan fingerprint density at radius 2 is 1.28 bits per heavy atom. The molecule has 0 saturated heterocycles. The number of carbonyl (C=O) groups excluding carboxylic acids is 3. The van der Waals surface area contributed by atoms with E-state index in [2.05, 4.69) is 6.07 Å². The zero-order valence-corrected chi connectivity index (χ0v) is 19.1. The Kier molecular flexibility index (Phi) is 6.12. The van der Waals surface area contributed by atoms with Gasteiger partial charge in [-0.1, -0.05) is 66.7 Å². The molecule has 0 unspecified atom stereocenters. The van der Waals surface area contributed by atoms with Gasteiger partial charge in [0.2, 0.25) is 0 Å². The van der Waals surface area contributed by atoms with Gasteiger partial charge in [0.1, 0.15) is 11.8 Å². The van der Waals surface area contributed by atoms with Crippen molar-refractivity contribution < 1.29 is 19.1 Å². The highest BCUT2D eigenvalue weighted by Gasteiger charge is 2.43. The summed E-state index contributed by atoms with van der Waals surface area (Å²) in [7, 11) is 0. The van der Waals surface area contributed by atoms with Crippen molar-refractivity contribution >= 4 is 17.8 Å². The maximum atomic E-state index is 13.4. The summed E-state index contributed by atoms with van der Waals surface area (Å²) < 4.78 is 5.66. The zero-order valence-electron chi connectivity index (χ0n) is 19.1. The molecule has 4 aromatic carbocycles. The number of hydrogen-bond acceptors (Lipinski definition) is 5. The number of hydrogen-bond donors (Lipinski definition) is 0. The average Bonchev–Trinajstić information content (AvgIpc) is 3.18. The smallest absolute Gasteiger partial charge is 0.335 e. The Morgan fingerprint density at radius 3 is 1.83 bits per heavy atom. The fraction of sp³-hybridized carbons (Fsp3) is 0.0667. The fourth-order valence-electron chi connectivity index (χ4n) is 4.25. The van der Waals surface area contributed by atoms with Crippen molar-refractivity contribution in [1.29, 1.82) is 5.26 Å². The molecule has 1 aliphatic rings. The van der Waals surface area contributed by atoms with Gasteiger partial charge in [-0.05, 0) is 53.1 Å². The second-order valence-corrected chi connectivity index (χ2v) is 8.37. The third kappa shape index (κ3) is 4.38.